The largest absolute Gasteiger partial charge is 0.355 e. The highest BCUT2D eigenvalue weighted by Crippen LogP contribution is 2.26. The fraction of sp³-hybridized carbons (Fsp3) is 0.211. The Hall–Kier alpha value is -2.55. The number of fused-ring (bicyclic) bond motifs is 3. The van der Waals surface area contributed by atoms with Crippen LogP contribution in [0.4, 0.5) is 0 Å². The number of aryl methyl sites for hydroxylation is 1. The fourth-order valence-corrected chi connectivity index (χ4v) is 3.16. The van der Waals surface area contributed by atoms with Gasteiger partial charge in [-0.2, -0.15) is 0 Å². The van der Waals surface area contributed by atoms with E-state index in [4.69, 9.17) is 0 Å². The second kappa shape index (κ2) is 5.34. The maximum absolute atomic E-state index is 4.29. The molecule has 3 nitrogen and oxygen atoms in total. The molecule has 0 fully saturated rings. The van der Waals surface area contributed by atoms with Crippen LogP contribution < -0.4 is 0 Å². The molecule has 3 heteroatoms. The van der Waals surface area contributed by atoms with Crippen LogP contribution in [0.3, 0.4) is 0 Å². The highest BCUT2D eigenvalue weighted by molar-refractivity contribution is 6.07. The van der Waals surface area contributed by atoms with Crippen molar-refractivity contribution in [1.82, 2.24) is 14.5 Å². The number of H-pyrrole nitrogens is 1. The van der Waals surface area contributed by atoms with E-state index in [0.29, 0.717) is 0 Å². The Morgan fingerprint density at radius 1 is 1.05 bits per heavy atom. The Morgan fingerprint density at radius 2 is 1.91 bits per heavy atom. The highest BCUT2D eigenvalue weighted by Gasteiger charge is 2.07. The fourth-order valence-electron chi connectivity index (χ4n) is 3.16. The van der Waals surface area contributed by atoms with Crippen LogP contribution >= 0.6 is 0 Å². The van der Waals surface area contributed by atoms with E-state index in [1.807, 2.05) is 12.5 Å². The summed E-state index contributed by atoms with van der Waals surface area (Å²) in [6, 6.07) is 15.2. The van der Waals surface area contributed by atoms with Gasteiger partial charge in [-0.1, -0.05) is 37.3 Å². The normalized spacial score (nSPS) is 11.5. The molecule has 0 aliphatic carbocycles. The zero-order valence-corrected chi connectivity index (χ0v) is 12.7. The number of para-hydroxylation sites is 1. The van der Waals surface area contributed by atoms with Crippen LogP contribution in [-0.2, 0) is 13.0 Å². The van der Waals surface area contributed by atoms with Gasteiger partial charge < -0.3 is 9.55 Å². The third-order valence-electron chi connectivity index (χ3n) is 4.22. The molecule has 110 valence electrons. The molecule has 0 aliphatic heterocycles. The van der Waals surface area contributed by atoms with Gasteiger partial charge in [0.1, 0.15) is 0 Å². The lowest BCUT2D eigenvalue weighted by atomic mass is 10.1. The van der Waals surface area contributed by atoms with Gasteiger partial charge in [-0.15, -0.1) is 0 Å². The van der Waals surface area contributed by atoms with Gasteiger partial charge in [0.25, 0.3) is 0 Å². The van der Waals surface area contributed by atoms with E-state index in [1.165, 1.54) is 33.1 Å². The summed E-state index contributed by atoms with van der Waals surface area (Å²) in [4.78, 5) is 7.80. The quantitative estimate of drug-likeness (QED) is 0.589. The van der Waals surface area contributed by atoms with E-state index in [2.05, 4.69) is 63.9 Å². The smallest absolute Gasteiger partial charge is 0.0948 e. The first kappa shape index (κ1) is 13.1. The van der Waals surface area contributed by atoms with E-state index in [-0.39, 0.29) is 0 Å². The second-order valence-electron chi connectivity index (χ2n) is 5.81. The summed E-state index contributed by atoms with van der Waals surface area (Å²) in [7, 11) is 0. The lowest BCUT2D eigenvalue weighted by Crippen LogP contribution is -2.01. The van der Waals surface area contributed by atoms with Crippen LogP contribution in [0.1, 0.15) is 24.6 Å². The molecule has 0 unspecified atom stereocenters. The van der Waals surface area contributed by atoms with Crippen LogP contribution in [0.5, 0.6) is 0 Å². The van der Waals surface area contributed by atoms with Gasteiger partial charge in [0, 0.05) is 46.7 Å². The number of nitrogens with one attached hydrogen (secondary N) is 1. The monoisotopic (exact) mass is 289 g/mol. The molecule has 0 radical (unpaired) electrons. The minimum atomic E-state index is 0.922. The molecule has 0 saturated heterocycles. The molecular formula is C19H19N3. The van der Waals surface area contributed by atoms with E-state index in [1.54, 1.807) is 0 Å². The zero-order chi connectivity index (χ0) is 14.9. The van der Waals surface area contributed by atoms with E-state index in [0.717, 1.165) is 19.4 Å². The Kier molecular flexibility index (Phi) is 3.19. The van der Waals surface area contributed by atoms with E-state index >= 15 is 0 Å². The minimum Gasteiger partial charge on any atom is -0.355 e. The SMILES string of the molecule is CCCn1cncc1Cc1ccc2c(c1)[nH]c1ccccc12. The van der Waals surface area contributed by atoms with Crippen LogP contribution in [0, 0.1) is 0 Å². The Balaban J connectivity index is 1.73. The van der Waals surface area contributed by atoms with Gasteiger partial charge >= 0.3 is 0 Å². The molecule has 0 saturated carbocycles. The Bertz CT molecular complexity index is 930. The molecular weight excluding hydrogens is 270 g/mol. The average Bonchev–Trinajstić information content (AvgIpc) is 3.11. The van der Waals surface area contributed by atoms with E-state index < -0.39 is 0 Å². The topological polar surface area (TPSA) is 33.6 Å². The number of rotatable bonds is 4. The van der Waals surface area contributed by atoms with Crippen molar-refractivity contribution in [2.24, 2.45) is 0 Å². The first-order valence-electron chi connectivity index (χ1n) is 7.83. The summed E-state index contributed by atoms with van der Waals surface area (Å²) in [6.07, 6.45) is 5.96. The molecule has 0 amide bonds. The Labute approximate surface area is 129 Å². The molecule has 2 heterocycles. The lowest BCUT2D eigenvalue weighted by Gasteiger charge is -2.06. The predicted octanol–water partition coefficient (Wildman–Crippen LogP) is 4.52. The summed E-state index contributed by atoms with van der Waals surface area (Å²) in [5, 5.41) is 2.58. The highest BCUT2D eigenvalue weighted by atomic mass is 15.0. The number of nitrogens with zero attached hydrogens (tertiary/aromatic N) is 2. The van der Waals surface area contributed by atoms with Gasteiger partial charge in [-0.25, -0.2) is 4.98 Å². The van der Waals surface area contributed by atoms with Gasteiger partial charge in [0.15, 0.2) is 0 Å². The van der Waals surface area contributed by atoms with Gasteiger partial charge in [-0.05, 0) is 24.1 Å². The van der Waals surface area contributed by atoms with Crippen molar-refractivity contribution in [3.8, 4) is 0 Å². The first-order chi connectivity index (χ1) is 10.8. The third kappa shape index (κ3) is 2.19. The third-order valence-corrected chi connectivity index (χ3v) is 4.22. The minimum absolute atomic E-state index is 0.922. The van der Waals surface area contributed by atoms with Crippen molar-refractivity contribution in [2.45, 2.75) is 26.3 Å². The molecule has 2 aromatic carbocycles. The molecule has 4 rings (SSSR count). The van der Waals surface area contributed by atoms with Crippen LogP contribution in [0.25, 0.3) is 21.8 Å². The Morgan fingerprint density at radius 3 is 2.82 bits per heavy atom. The van der Waals surface area contributed by atoms with Gasteiger partial charge in [0.2, 0.25) is 0 Å². The molecule has 2 aromatic heterocycles. The molecule has 1 N–H and O–H groups in total. The number of hydrogen-bond acceptors (Lipinski definition) is 1. The van der Waals surface area contributed by atoms with Crippen molar-refractivity contribution in [3.63, 3.8) is 0 Å². The van der Waals surface area contributed by atoms with Crippen molar-refractivity contribution in [3.05, 3.63) is 66.2 Å². The van der Waals surface area contributed by atoms with Crippen molar-refractivity contribution < 1.29 is 0 Å². The van der Waals surface area contributed by atoms with Crippen LogP contribution in [0.2, 0.25) is 0 Å². The number of imidazole rings is 1. The number of aromatic amines is 1. The number of hydrogen-bond donors (Lipinski definition) is 1. The molecule has 0 atom stereocenters. The summed E-state index contributed by atoms with van der Waals surface area (Å²) >= 11 is 0. The maximum atomic E-state index is 4.29. The first-order valence-corrected chi connectivity index (χ1v) is 7.83. The van der Waals surface area contributed by atoms with Crippen molar-refractivity contribution >= 4 is 21.8 Å². The van der Waals surface area contributed by atoms with Crippen molar-refractivity contribution in [1.29, 1.82) is 0 Å². The van der Waals surface area contributed by atoms with Gasteiger partial charge in [-0.3, -0.25) is 0 Å². The average molecular weight is 289 g/mol. The van der Waals surface area contributed by atoms with Crippen molar-refractivity contribution in [2.75, 3.05) is 0 Å². The molecule has 0 bridgehead atoms. The summed E-state index contributed by atoms with van der Waals surface area (Å²) in [5.74, 6) is 0. The van der Waals surface area contributed by atoms with Crippen LogP contribution in [-0.4, -0.2) is 14.5 Å². The molecule has 0 aliphatic rings. The van der Waals surface area contributed by atoms with Crippen LogP contribution in [0.15, 0.2) is 55.0 Å². The molecule has 22 heavy (non-hydrogen) atoms. The second-order valence-corrected chi connectivity index (χ2v) is 5.81. The summed E-state index contributed by atoms with van der Waals surface area (Å²) in [5.41, 5.74) is 5.00. The standard InChI is InChI=1S/C19H19N3/c1-2-9-22-13-20-12-15(22)10-14-7-8-17-16-5-3-4-6-18(16)21-19(17)11-14/h3-8,11-13,21H,2,9-10H2,1H3. The number of benzene rings is 2. The number of aromatic nitrogens is 3. The summed E-state index contributed by atoms with van der Waals surface area (Å²) < 4.78 is 2.25. The van der Waals surface area contributed by atoms with Gasteiger partial charge in [0.05, 0.1) is 6.33 Å². The zero-order valence-electron chi connectivity index (χ0n) is 12.7. The van der Waals surface area contributed by atoms with E-state index in [9.17, 15) is 0 Å². The lowest BCUT2D eigenvalue weighted by molar-refractivity contribution is 0.653. The molecule has 4 aromatic rings. The summed E-state index contributed by atoms with van der Waals surface area (Å²) in [6.45, 7) is 3.23. The maximum Gasteiger partial charge on any atom is 0.0948 e. The predicted molar refractivity (Wildman–Crippen MR) is 91.1 cm³/mol. The molecule has 0 spiro atoms.